The van der Waals surface area contributed by atoms with Crippen molar-refractivity contribution in [1.29, 1.82) is 0 Å². The smallest absolute Gasteiger partial charge is 0.379 e. The number of carbonyl (C=O) groups is 1. The maximum Gasteiger partial charge on any atom is 0.412 e. The maximum absolute atomic E-state index is 13.6. The number of sulfonamides is 1. The average molecular weight is 442 g/mol. The van der Waals surface area contributed by atoms with Crippen molar-refractivity contribution in [3.63, 3.8) is 0 Å². The fourth-order valence-corrected chi connectivity index (χ4v) is 4.59. The van der Waals surface area contributed by atoms with Gasteiger partial charge in [-0.05, 0) is 30.2 Å². The zero-order valence-electron chi connectivity index (χ0n) is 16.1. The fourth-order valence-electron chi connectivity index (χ4n) is 3.15. The summed E-state index contributed by atoms with van der Waals surface area (Å²) in [5.41, 5.74) is 0.116. The number of morpholine rings is 1. The van der Waals surface area contributed by atoms with Crippen LogP contribution in [0, 0.1) is 6.92 Å². The molecular formula is C20H21F3N2O4S. The van der Waals surface area contributed by atoms with Crippen molar-refractivity contribution in [2.75, 3.05) is 26.3 Å². The monoisotopic (exact) mass is 442 g/mol. The Hall–Kier alpha value is -2.43. The molecule has 3 rings (SSSR count). The van der Waals surface area contributed by atoms with Crippen molar-refractivity contribution in [1.82, 2.24) is 9.62 Å². The van der Waals surface area contributed by atoms with E-state index in [2.05, 4.69) is 0 Å². The summed E-state index contributed by atoms with van der Waals surface area (Å²) in [5, 5.41) is 2.00. The van der Waals surface area contributed by atoms with Gasteiger partial charge in [0.1, 0.15) is 0 Å². The number of nitrogens with zero attached hydrogens (tertiary/aromatic N) is 1. The van der Waals surface area contributed by atoms with Gasteiger partial charge in [-0.3, -0.25) is 4.79 Å². The summed E-state index contributed by atoms with van der Waals surface area (Å²) in [6.45, 7) is 2.38. The normalized spacial score (nSPS) is 16.8. The molecule has 10 heteroatoms. The second kappa shape index (κ2) is 8.75. The number of aryl methyl sites for hydroxylation is 1. The first-order valence-corrected chi connectivity index (χ1v) is 10.7. The molecule has 2 aromatic rings. The number of alkyl halides is 3. The Labute approximate surface area is 172 Å². The number of hydrogen-bond donors (Lipinski definition) is 1. The Kier molecular flexibility index (Phi) is 6.49. The van der Waals surface area contributed by atoms with Crippen LogP contribution in [-0.2, 0) is 14.8 Å². The standard InChI is InChI=1S/C20H21F3N2O4S/c1-14-7-8-16(30(27,28)25-9-11-29-12-10-25)13-17(14)19(26)24-18(20(21,22)23)15-5-3-2-4-6-15/h2-8,13,18H,9-12H2,1H3,(H,24,26). The van der Waals surface area contributed by atoms with Crippen LogP contribution in [0.2, 0.25) is 0 Å². The number of nitrogens with one attached hydrogen (secondary N) is 1. The van der Waals surface area contributed by atoms with E-state index in [4.69, 9.17) is 4.74 Å². The van der Waals surface area contributed by atoms with Crippen LogP contribution in [0.4, 0.5) is 13.2 Å². The Morgan fingerprint density at radius 2 is 1.73 bits per heavy atom. The second-order valence-electron chi connectivity index (χ2n) is 6.85. The molecule has 1 atom stereocenters. The Morgan fingerprint density at radius 1 is 1.10 bits per heavy atom. The van der Waals surface area contributed by atoms with Crippen LogP contribution in [0.1, 0.15) is 27.5 Å². The summed E-state index contributed by atoms with van der Waals surface area (Å²) in [6, 6.07) is 8.65. The lowest BCUT2D eigenvalue weighted by atomic mass is 10.0. The van der Waals surface area contributed by atoms with Gasteiger partial charge in [0, 0.05) is 18.7 Å². The summed E-state index contributed by atoms with van der Waals surface area (Å²) in [7, 11) is -3.89. The van der Waals surface area contributed by atoms with Crippen LogP contribution >= 0.6 is 0 Å². The molecule has 1 N–H and O–H groups in total. The predicted octanol–water partition coefficient (Wildman–Crippen LogP) is 3.05. The first-order valence-electron chi connectivity index (χ1n) is 9.22. The molecule has 0 saturated carbocycles. The van der Waals surface area contributed by atoms with Crippen LogP contribution in [0.25, 0.3) is 0 Å². The van der Waals surface area contributed by atoms with Crippen molar-refractivity contribution in [2.45, 2.75) is 24.0 Å². The molecule has 0 aliphatic carbocycles. The summed E-state index contributed by atoms with van der Waals surface area (Å²) < 4.78 is 72.7. The highest BCUT2D eigenvalue weighted by Gasteiger charge is 2.42. The Bertz CT molecular complexity index is 1000. The minimum atomic E-state index is -4.72. The lowest BCUT2D eigenvalue weighted by molar-refractivity contribution is -0.155. The molecule has 1 amide bonds. The third-order valence-electron chi connectivity index (χ3n) is 4.80. The van der Waals surface area contributed by atoms with E-state index in [1.165, 1.54) is 47.6 Å². The molecule has 162 valence electrons. The molecule has 0 bridgehead atoms. The summed E-state index contributed by atoms with van der Waals surface area (Å²) >= 11 is 0. The van der Waals surface area contributed by atoms with Gasteiger partial charge >= 0.3 is 6.18 Å². The molecule has 30 heavy (non-hydrogen) atoms. The van der Waals surface area contributed by atoms with Gasteiger partial charge in [0.2, 0.25) is 10.0 Å². The van der Waals surface area contributed by atoms with Crippen LogP contribution in [0.3, 0.4) is 0 Å². The van der Waals surface area contributed by atoms with Gasteiger partial charge in [0.05, 0.1) is 18.1 Å². The van der Waals surface area contributed by atoms with Crippen LogP contribution in [0.15, 0.2) is 53.4 Å². The van der Waals surface area contributed by atoms with Gasteiger partial charge in [-0.25, -0.2) is 8.42 Å². The highest BCUT2D eigenvalue weighted by atomic mass is 32.2. The summed E-state index contributed by atoms with van der Waals surface area (Å²) in [5.74, 6) is -1.00. The van der Waals surface area contributed by atoms with Crippen molar-refractivity contribution in [3.05, 3.63) is 65.2 Å². The Morgan fingerprint density at radius 3 is 2.33 bits per heavy atom. The van der Waals surface area contributed by atoms with Gasteiger partial charge in [-0.15, -0.1) is 0 Å². The third-order valence-corrected chi connectivity index (χ3v) is 6.69. The van der Waals surface area contributed by atoms with Gasteiger partial charge in [0.15, 0.2) is 6.04 Å². The number of benzene rings is 2. The lowest BCUT2D eigenvalue weighted by Crippen LogP contribution is -2.41. The second-order valence-corrected chi connectivity index (χ2v) is 8.79. The number of rotatable bonds is 5. The molecule has 0 aromatic heterocycles. The third kappa shape index (κ3) is 4.82. The number of halogens is 3. The molecule has 1 aliphatic rings. The van der Waals surface area contributed by atoms with E-state index < -0.39 is 28.1 Å². The highest BCUT2D eigenvalue weighted by Crippen LogP contribution is 2.33. The van der Waals surface area contributed by atoms with E-state index in [1.54, 1.807) is 6.07 Å². The highest BCUT2D eigenvalue weighted by molar-refractivity contribution is 7.89. The molecule has 1 aliphatic heterocycles. The minimum absolute atomic E-state index is 0.118. The van der Waals surface area contributed by atoms with Crippen molar-refractivity contribution in [3.8, 4) is 0 Å². The zero-order chi connectivity index (χ0) is 21.9. The van der Waals surface area contributed by atoms with E-state index in [-0.39, 0.29) is 42.3 Å². The molecule has 1 fully saturated rings. The molecule has 0 spiro atoms. The van der Waals surface area contributed by atoms with Crippen molar-refractivity contribution >= 4 is 15.9 Å². The molecule has 1 heterocycles. The van der Waals surface area contributed by atoms with Crippen molar-refractivity contribution < 1.29 is 31.1 Å². The minimum Gasteiger partial charge on any atom is -0.379 e. The molecule has 6 nitrogen and oxygen atoms in total. The van der Waals surface area contributed by atoms with Gasteiger partial charge < -0.3 is 10.1 Å². The van der Waals surface area contributed by atoms with E-state index in [0.717, 1.165) is 6.07 Å². The van der Waals surface area contributed by atoms with Crippen LogP contribution < -0.4 is 5.32 Å². The van der Waals surface area contributed by atoms with E-state index in [9.17, 15) is 26.4 Å². The first kappa shape index (κ1) is 22.3. The number of carbonyl (C=O) groups excluding carboxylic acids is 1. The molecule has 0 radical (unpaired) electrons. The first-order chi connectivity index (χ1) is 14.1. The molecule has 1 saturated heterocycles. The van der Waals surface area contributed by atoms with Crippen LogP contribution in [-0.4, -0.2) is 51.1 Å². The summed E-state index contributed by atoms with van der Waals surface area (Å²) in [6.07, 6.45) is -4.72. The lowest BCUT2D eigenvalue weighted by Gasteiger charge is -2.26. The van der Waals surface area contributed by atoms with Gasteiger partial charge in [-0.1, -0.05) is 36.4 Å². The van der Waals surface area contributed by atoms with Gasteiger partial charge in [-0.2, -0.15) is 17.5 Å². The SMILES string of the molecule is Cc1ccc(S(=O)(=O)N2CCOCC2)cc1C(=O)NC(c1ccccc1)C(F)(F)F. The van der Waals surface area contributed by atoms with Crippen molar-refractivity contribution in [2.24, 2.45) is 0 Å². The zero-order valence-corrected chi connectivity index (χ0v) is 17.0. The van der Waals surface area contributed by atoms with Gasteiger partial charge in [0.25, 0.3) is 5.91 Å². The number of hydrogen-bond acceptors (Lipinski definition) is 4. The number of amides is 1. The van der Waals surface area contributed by atoms with E-state index in [1.807, 2.05) is 5.32 Å². The van der Waals surface area contributed by atoms with E-state index >= 15 is 0 Å². The van der Waals surface area contributed by atoms with Crippen LogP contribution in [0.5, 0.6) is 0 Å². The topological polar surface area (TPSA) is 75.7 Å². The Balaban J connectivity index is 1.91. The average Bonchev–Trinajstić information content (AvgIpc) is 2.72. The predicted molar refractivity (Wildman–Crippen MR) is 103 cm³/mol. The molecule has 2 aromatic carbocycles. The largest absolute Gasteiger partial charge is 0.412 e. The maximum atomic E-state index is 13.6. The fraction of sp³-hybridized carbons (Fsp3) is 0.350. The molecular weight excluding hydrogens is 421 g/mol. The quantitative estimate of drug-likeness (QED) is 0.773. The number of ether oxygens (including phenoxy) is 1. The summed E-state index contributed by atoms with van der Waals surface area (Å²) in [4.78, 5) is 12.6. The van der Waals surface area contributed by atoms with E-state index in [0.29, 0.717) is 5.56 Å². The molecule has 1 unspecified atom stereocenters.